The molecule has 4 nitrogen and oxygen atoms in total. The van der Waals surface area contributed by atoms with Crippen molar-refractivity contribution in [3.8, 4) is 0 Å². The van der Waals surface area contributed by atoms with Crippen molar-refractivity contribution in [2.45, 2.75) is 9.79 Å². The first-order valence-corrected chi connectivity index (χ1v) is 7.67. The Bertz CT molecular complexity index is 783. The zero-order valence-corrected chi connectivity index (χ0v) is 12.9. The molecule has 22 heavy (non-hydrogen) atoms. The Balaban J connectivity index is 1.83. The minimum Gasteiger partial charge on any atom is -0.320 e. The minimum atomic E-state index is -0.166. The van der Waals surface area contributed by atoms with Gasteiger partial charge in [-0.05, 0) is 30.3 Å². The Hall–Kier alpha value is -2.53. The summed E-state index contributed by atoms with van der Waals surface area (Å²) < 4.78 is 1.56. The number of carbonyl (C=O) groups excluding carboxylic acids is 1. The van der Waals surface area contributed by atoms with E-state index in [9.17, 15) is 4.79 Å². The topological polar surface area (TPSA) is 46.9 Å². The van der Waals surface area contributed by atoms with Gasteiger partial charge in [-0.25, -0.2) is 0 Å². The van der Waals surface area contributed by atoms with Gasteiger partial charge in [-0.1, -0.05) is 42.1 Å². The fraction of sp³-hybridized carbons (Fsp3) is 0.0588. The summed E-state index contributed by atoms with van der Waals surface area (Å²) in [6, 6.07) is 19.5. The van der Waals surface area contributed by atoms with Crippen LogP contribution in [0.2, 0.25) is 0 Å². The Morgan fingerprint density at radius 2 is 1.77 bits per heavy atom. The maximum atomic E-state index is 12.3. The second-order valence-corrected chi connectivity index (χ2v) is 5.82. The van der Waals surface area contributed by atoms with Crippen LogP contribution in [0.15, 0.2) is 76.7 Å². The van der Waals surface area contributed by atoms with Gasteiger partial charge < -0.3 is 5.32 Å². The molecule has 0 atom stereocenters. The van der Waals surface area contributed by atoms with E-state index in [1.165, 1.54) is 0 Å². The molecule has 3 rings (SSSR count). The molecule has 0 aliphatic carbocycles. The molecule has 0 saturated heterocycles. The molecule has 1 N–H and O–H groups in total. The van der Waals surface area contributed by atoms with Gasteiger partial charge in [0.05, 0.1) is 5.69 Å². The van der Waals surface area contributed by atoms with Crippen LogP contribution in [0.5, 0.6) is 0 Å². The number of carbonyl (C=O) groups is 1. The maximum Gasteiger partial charge on any atom is 0.273 e. The summed E-state index contributed by atoms with van der Waals surface area (Å²) in [5, 5.41) is 6.97. The number of benzene rings is 2. The SMILES string of the molecule is Cn1nccc1C(=O)Nc1ccccc1Sc1ccccc1. The zero-order chi connectivity index (χ0) is 15.4. The highest BCUT2D eigenvalue weighted by Crippen LogP contribution is 2.33. The number of rotatable bonds is 4. The molecule has 0 bridgehead atoms. The Morgan fingerprint density at radius 3 is 2.50 bits per heavy atom. The van der Waals surface area contributed by atoms with Crippen LogP contribution in [-0.4, -0.2) is 15.7 Å². The van der Waals surface area contributed by atoms with Gasteiger partial charge in [0.25, 0.3) is 5.91 Å². The average Bonchev–Trinajstić information content (AvgIpc) is 2.96. The van der Waals surface area contributed by atoms with Crippen LogP contribution in [-0.2, 0) is 7.05 Å². The first kappa shape index (κ1) is 14.4. The van der Waals surface area contributed by atoms with E-state index in [1.54, 1.807) is 35.8 Å². The van der Waals surface area contributed by atoms with Crippen molar-refractivity contribution in [2.24, 2.45) is 7.05 Å². The molecule has 3 aromatic rings. The van der Waals surface area contributed by atoms with Gasteiger partial charge in [0.15, 0.2) is 0 Å². The molecule has 0 spiro atoms. The lowest BCUT2D eigenvalue weighted by Crippen LogP contribution is -2.16. The highest BCUT2D eigenvalue weighted by Gasteiger charge is 2.12. The van der Waals surface area contributed by atoms with Crippen molar-refractivity contribution < 1.29 is 4.79 Å². The third-order valence-electron chi connectivity index (χ3n) is 3.16. The molecular weight excluding hydrogens is 294 g/mol. The molecule has 110 valence electrons. The number of amides is 1. The summed E-state index contributed by atoms with van der Waals surface area (Å²) in [6.45, 7) is 0. The van der Waals surface area contributed by atoms with Gasteiger partial charge in [-0.2, -0.15) is 5.10 Å². The number of para-hydroxylation sites is 1. The quantitative estimate of drug-likeness (QED) is 0.797. The van der Waals surface area contributed by atoms with Crippen molar-refractivity contribution in [3.05, 3.63) is 72.6 Å². The van der Waals surface area contributed by atoms with E-state index >= 15 is 0 Å². The number of nitrogens with one attached hydrogen (secondary N) is 1. The fourth-order valence-electron chi connectivity index (χ4n) is 2.06. The van der Waals surface area contributed by atoms with Crippen LogP contribution in [0.3, 0.4) is 0 Å². The van der Waals surface area contributed by atoms with Gasteiger partial charge in [0.1, 0.15) is 5.69 Å². The monoisotopic (exact) mass is 309 g/mol. The molecule has 1 amide bonds. The van der Waals surface area contributed by atoms with Gasteiger partial charge in [0.2, 0.25) is 0 Å². The first-order chi connectivity index (χ1) is 10.7. The number of hydrogen-bond acceptors (Lipinski definition) is 3. The molecule has 0 fully saturated rings. The van der Waals surface area contributed by atoms with Crippen molar-refractivity contribution in [1.29, 1.82) is 0 Å². The van der Waals surface area contributed by atoms with E-state index in [1.807, 2.05) is 54.6 Å². The number of aromatic nitrogens is 2. The first-order valence-electron chi connectivity index (χ1n) is 6.85. The zero-order valence-electron chi connectivity index (χ0n) is 12.1. The second kappa shape index (κ2) is 6.49. The molecule has 5 heteroatoms. The average molecular weight is 309 g/mol. The van der Waals surface area contributed by atoms with Crippen molar-refractivity contribution in [2.75, 3.05) is 5.32 Å². The van der Waals surface area contributed by atoms with Crippen molar-refractivity contribution in [1.82, 2.24) is 9.78 Å². The standard InChI is InChI=1S/C17H15N3OS/c1-20-15(11-12-18-20)17(21)19-14-9-5-6-10-16(14)22-13-7-3-2-4-8-13/h2-12H,1H3,(H,19,21). The van der Waals surface area contributed by atoms with Gasteiger partial charge in [0, 0.05) is 23.0 Å². The normalized spacial score (nSPS) is 10.4. The number of nitrogens with zero attached hydrogens (tertiary/aromatic N) is 2. The summed E-state index contributed by atoms with van der Waals surface area (Å²) in [7, 11) is 1.75. The van der Waals surface area contributed by atoms with E-state index < -0.39 is 0 Å². The van der Waals surface area contributed by atoms with Crippen molar-refractivity contribution >= 4 is 23.4 Å². The summed E-state index contributed by atoms with van der Waals surface area (Å²) in [5.41, 5.74) is 1.32. The Labute approximate surface area is 133 Å². The Morgan fingerprint density at radius 1 is 1.05 bits per heavy atom. The minimum absolute atomic E-state index is 0.166. The molecule has 1 heterocycles. The third-order valence-corrected chi connectivity index (χ3v) is 4.24. The largest absolute Gasteiger partial charge is 0.320 e. The molecule has 0 aliphatic heterocycles. The van der Waals surface area contributed by atoms with Gasteiger partial charge in [-0.3, -0.25) is 9.48 Å². The molecule has 1 aromatic heterocycles. The lowest BCUT2D eigenvalue weighted by molar-refractivity contribution is 0.101. The third kappa shape index (κ3) is 3.20. The van der Waals surface area contributed by atoms with E-state index in [4.69, 9.17) is 0 Å². The number of hydrogen-bond donors (Lipinski definition) is 1. The summed E-state index contributed by atoms with van der Waals surface area (Å²) in [5.74, 6) is -0.166. The van der Waals surface area contributed by atoms with Crippen LogP contribution in [0.1, 0.15) is 10.5 Å². The van der Waals surface area contributed by atoms with E-state index in [2.05, 4.69) is 10.4 Å². The van der Waals surface area contributed by atoms with Crippen LogP contribution in [0, 0.1) is 0 Å². The van der Waals surface area contributed by atoms with Gasteiger partial charge >= 0.3 is 0 Å². The fourth-order valence-corrected chi connectivity index (χ4v) is 2.98. The molecule has 2 aromatic carbocycles. The van der Waals surface area contributed by atoms with Crippen LogP contribution < -0.4 is 5.32 Å². The van der Waals surface area contributed by atoms with Gasteiger partial charge in [-0.15, -0.1) is 0 Å². The molecule has 0 saturated carbocycles. The summed E-state index contributed by atoms with van der Waals surface area (Å²) in [4.78, 5) is 14.5. The van der Waals surface area contributed by atoms with Crippen molar-refractivity contribution in [3.63, 3.8) is 0 Å². The Kier molecular flexibility index (Phi) is 4.25. The predicted octanol–water partition coefficient (Wildman–Crippen LogP) is 3.82. The highest BCUT2D eigenvalue weighted by atomic mass is 32.2. The molecular formula is C17H15N3OS. The second-order valence-electron chi connectivity index (χ2n) is 4.71. The van der Waals surface area contributed by atoms with Crippen LogP contribution in [0.25, 0.3) is 0 Å². The summed E-state index contributed by atoms with van der Waals surface area (Å²) >= 11 is 1.62. The lowest BCUT2D eigenvalue weighted by atomic mass is 10.3. The lowest BCUT2D eigenvalue weighted by Gasteiger charge is -2.10. The predicted molar refractivity (Wildman–Crippen MR) is 88.2 cm³/mol. The van der Waals surface area contributed by atoms with Crippen LogP contribution in [0.4, 0.5) is 5.69 Å². The number of aryl methyl sites for hydroxylation is 1. The molecule has 0 unspecified atom stereocenters. The maximum absolute atomic E-state index is 12.3. The number of anilines is 1. The molecule has 0 aliphatic rings. The summed E-state index contributed by atoms with van der Waals surface area (Å²) in [6.07, 6.45) is 1.61. The van der Waals surface area contributed by atoms with E-state index in [-0.39, 0.29) is 5.91 Å². The smallest absolute Gasteiger partial charge is 0.273 e. The van der Waals surface area contributed by atoms with E-state index in [0.29, 0.717) is 5.69 Å². The van der Waals surface area contributed by atoms with E-state index in [0.717, 1.165) is 15.5 Å². The van der Waals surface area contributed by atoms with Crippen LogP contribution >= 0.6 is 11.8 Å². The highest BCUT2D eigenvalue weighted by molar-refractivity contribution is 7.99. The molecule has 0 radical (unpaired) electrons.